The van der Waals surface area contributed by atoms with E-state index in [4.69, 9.17) is 0 Å². The number of nitrogens with zero attached hydrogens (tertiary/aromatic N) is 1. The second-order valence-electron chi connectivity index (χ2n) is 6.83. The Kier molecular flexibility index (Phi) is 5.69. The molecule has 1 amide bonds. The van der Waals surface area contributed by atoms with Gasteiger partial charge in [0, 0.05) is 17.1 Å². The monoisotopic (exact) mass is 354 g/mol. The van der Waals surface area contributed by atoms with Crippen LogP contribution < -0.4 is 10.2 Å². The van der Waals surface area contributed by atoms with E-state index in [1.807, 2.05) is 17.8 Å². The lowest BCUT2D eigenvalue weighted by atomic mass is 9.98. The van der Waals surface area contributed by atoms with Crippen molar-refractivity contribution in [2.45, 2.75) is 38.0 Å². The molecule has 0 aliphatic carbocycles. The van der Waals surface area contributed by atoms with Gasteiger partial charge < -0.3 is 10.2 Å². The normalized spacial score (nSPS) is 14.2. The van der Waals surface area contributed by atoms with Gasteiger partial charge in [0.2, 0.25) is 5.91 Å². The molecular formula is C21H26N2OS. The highest BCUT2D eigenvalue weighted by molar-refractivity contribution is 7.99. The molecule has 0 unspecified atom stereocenters. The SMILES string of the molecule is Cc1cccc(C(C)C)c1NC(=O)CN1CCCSc2ccccc21. The number of rotatable bonds is 4. The van der Waals surface area contributed by atoms with Gasteiger partial charge in [0.1, 0.15) is 0 Å². The molecule has 0 bridgehead atoms. The molecule has 3 nitrogen and oxygen atoms in total. The average Bonchev–Trinajstić information content (AvgIpc) is 2.79. The van der Waals surface area contributed by atoms with Gasteiger partial charge in [-0.15, -0.1) is 11.8 Å². The van der Waals surface area contributed by atoms with Crippen molar-refractivity contribution in [2.24, 2.45) is 0 Å². The molecule has 25 heavy (non-hydrogen) atoms. The van der Waals surface area contributed by atoms with E-state index < -0.39 is 0 Å². The number of hydrogen-bond donors (Lipinski definition) is 1. The van der Waals surface area contributed by atoms with E-state index in [2.05, 4.69) is 67.4 Å². The molecule has 2 aromatic carbocycles. The first-order valence-corrected chi connectivity index (χ1v) is 9.91. The van der Waals surface area contributed by atoms with Crippen molar-refractivity contribution in [3.05, 3.63) is 53.6 Å². The van der Waals surface area contributed by atoms with Crippen LogP contribution in [0.4, 0.5) is 11.4 Å². The molecule has 0 atom stereocenters. The molecule has 0 spiro atoms. The molecule has 0 radical (unpaired) electrons. The largest absolute Gasteiger partial charge is 0.361 e. The van der Waals surface area contributed by atoms with E-state index in [1.54, 1.807) is 0 Å². The Bertz CT molecular complexity index is 757. The standard InChI is InChI=1S/C21H26N2OS/c1-15(2)17-9-6-8-16(3)21(17)22-20(24)14-23-12-7-13-25-19-11-5-4-10-18(19)23/h4-6,8-11,15H,7,12-14H2,1-3H3,(H,22,24). The van der Waals surface area contributed by atoms with E-state index in [9.17, 15) is 4.79 Å². The zero-order valence-electron chi connectivity index (χ0n) is 15.2. The molecule has 2 aromatic rings. The summed E-state index contributed by atoms with van der Waals surface area (Å²) in [6.45, 7) is 7.68. The summed E-state index contributed by atoms with van der Waals surface area (Å²) < 4.78 is 0. The number of carbonyl (C=O) groups is 1. The zero-order valence-corrected chi connectivity index (χ0v) is 16.0. The van der Waals surface area contributed by atoms with Crippen LogP contribution in [0.3, 0.4) is 0 Å². The first kappa shape index (κ1) is 17.9. The van der Waals surface area contributed by atoms with Gasteiger partial charge in [0.05, 0.1) is 12.2 Å². The number of anilines is 2. The number of hydrogen-bond acceptors (Lipinski definition) is 3. The minimum absolute atomic E-state index is 0.0536. The maximum Gasteiger partial charge on any atom is 0.243 e. The molecule has 1 N–H and O–H groups in total. The van der Waals surface area contributed by atoms with Crippen molar-refractivity contribution in [2.75, 3.05) is 29.1 Å². The predicted octanol–water partition coefficient (Wildman–Crippen LogP) is 5.06. The van der Waals surface area contributed by atoms with Crippen LogP contribution in [-0.2, 0) is 4.79 Å². The summed E-state index contributed by atoms with van der Waals surface area (Å²) in [5.41, 5.74) is 4.46. The summed E-state index contributed by atoms with van der Waals surface area (Å²) in [5.74, 6) is 1.54. The number of fused-ring (bicyclic) bond motifs is 1. The highest BCUT2D eigenvalue weighted by Crippen LogP contribution is 2.33. The number of nitrogens with one attached hydrogen (secondary N) is 1. The number of para-hydroxylation sites is 2. The van der Waals surface area contributed by atoms with Crippen LogP contribution in [0.25, 0.3) is 0 Å². The van der Waals surface area contributed by atoms with Gasteiger partial charge >= 0.3 is 0 Å². The fourth-order valence-corrected chi connectivity index (χ4v) is 4.27. The predicted molar refractivity (Wildman–Crippen MR) is 108 cm³/mol. The summed E-state index contributed by atoms with van der Waals surface area (Å²) in [4.78, 5) is 16.2. The second kappa shape index (κ2) is 7.96. The van der Waals surface area contributed by atoms with Crippen molar-refractivity contribution in [1.82, 2.24) is 0 Å². The van der Waals surface area contributed by atoms with Crippen molar-refractivity contribution in [3.8, 4) is 0 Å². The van der Waals surface area contributed by atoms with Crippen LogP contribution in [0.1, 0.15) is 37.3 Å². The maximum absolute atomic E-state index is 12.8. The summed E-state index contributed by atoms with van der Waals surface area (Å²) in [7, 11) is 0. The molecule has 3 rings (SSSR count). The van der Waals surface area contributed by atoms with Crippen molar-refractivity contribution in [3.63, 3.8) is 0 Å². The van der Waals surface area contributed by atoms with Crippen LogP contribution in [0.2, 0.25) is 0 Å². The van der Waals surface area contributed by atoms with E-state index in [1.165, 1.54) is 16.1 Å². The first-order chi connectivity index (χ1) is 12.1. The summed E-state index contributed by atoms with van der Waals surface area (Å²) in [6.07, 6.45) is 1.09. The van der Waals surface area contributed by atoms with Crippen LogP contribution in [-0.4, -0.2) is 24.7 Å². The van der Waals surface area contributed by atoms with Gasteiger partial charge in [-0.25, -0.2) is 0 Å². The fraction of sp³-hybridized carbons (Fsp3) is 0.381. The lowest BCUT2D eigenvalue weighted by Crippen LogP contribution is -2.34. The third-order valence-electron chi connectivity index (χ3n) is 4.56. The molecule has 0 saturated carbocycles. The highest BCUT2D eigenvalue weighted by atomic mass is 32.2. The number of thioether (sulfide) groups is 1. The Labute approximate surface area is 154 Å². The topological polar surface area (TPSA) is 32.3 Å². The van der Waals surface area contributed by atoms with Crippen LogP contribution in [0, 0.1) is 6.92 Å². The minimum Gasteiger partial charge on any atom is -0.361 e. The quantitative estimate of drug-likeness (QED) is 0.833. The van der Waals surface area contributed by atoms with E-state index in [0.29, 0.717) is 12.5 Å². The van der Waals surface area contributed by atoms with Gasteiger partial charge in [-0.3, -0.25) is 4.79 Å². The zero-order chi connectivity index (χ0) is 17.8. The van der Waals surface area contributed by atoms with E-state index in [0.717, 1.165) is 30.0 Å². The van der Waals surface area contributed by atoms with Crippen molar-refractivity contribution < 1.29 is 4.79 Å². The summed E-state index contributed by atoms with van der Waals surface area (Å²) in [6, 6.07) is 14.6. The fourth-order valence-electron chi connectivity index (χ4n) is 3.26. The minimum atomic E-state index is 0.0536. The van der Waals surface area contributed by atoms with Gasteiger partial charge in [-0.05, 0) is 48.3 Å². The van der Waals surface area contributed by atoms with E-state index >= 15 is 0 Å². The second-order valence-corrected chi connectivity index (χ2v) is 7.97. The maximum atomic E-state index is 12.8. The Morgan fingerprint density at radius 1 is 1.20 bits per heavy atom. The van der Waals surface area contributed by atoms with Gasteiger partial charge in [-0.1, -0.05) is 44.2 Å². The van der Waals surface area contributed by atoms with Crippen LogP contribution in [0.15, 0.2) is 47.4 Å². The number of carbonyl (C=O) groups excluding carboxylic acids is 1. The highest BCUT2D eigenvalue weighted by Gasteiger charge is 2.19. The molecule has 0 aromatic heterocycles. The third kappa shape index (κ3) is 4.18. The molecule has 1 aliphatic rings. The van der Waals surface area contributed by atoms with Crippen molar-refractivity contribution in [1.29, 1.82) is 0 Å². The number of benzene rings is 2. The Balaban J connectivity index is 1.78. The Morgan fingerprint density at radius 3 is 2.80 bits per heavy atom. The summed E-state index contributed by atoms with van der Waals surface area (Å²) >= 11 is 1.88. The van der Waals surface area contributed by atoms with E-state index in [-0.39, 0.29) is 5.91 Å². The average molecular weight is 355 g/mol. The van der Waals surface area contributed by atoms with Crippen LogP contribution >= 0.6 is 11.8 Å². The molecule has 1 aliphatic heterocycles. The Morgan fingerprint density at radius 2 is 2.00 bits per heavy atom. The number of amides is 1. The van der Waals surface area contributed by atoms with Gasteiger partial charge in [0.15, 0.2) is 0 Å². The molecule has 0 fully saturated rings. The van der Waals surface area contributed by atoms with Crippen LogP contribution in [0.5, 0.6) is 0 Å². The van der Waals surface area contributed by atoms with Crippen molar-refractivity contribution >= 4 is 29.0 Å². The third-order valence-corrected chi connectivity index (χ3v) is 5.71. The lowest BCUT2D eigenvalue weighted by Gasteiger charge is -2.24. The lowest BCUT2D eigenvalue weighted by molar-refractivity contribution is -0.115. The van der Waals surface area contributed by atoms with Gasteiger partial charge in [0.25, 0.3) is 0 Å². The molecule has 0 saturated heterocycles. The molecule has 4 heteroatoms. The van der Waals surface area contributed by atoms with Gasteiger partial charge in [-0.2, -0.15) is 0 Å². The Hall–Kier alpha value is -1.94. The molecular weight excluding hydrogens is 328 g/mol. The molecule has 1 heterocycles. The molecule has 132 valence electrons. The smallest absolute Gasteiger partial charge is 0.243 e. The summed E-state index contributed by atoms with van der Waals surface area (Å²) in [5, 5.41) is 3.17. The number of aryl methyl sites for hydroxylation is 1. The first-order valence-electron chi connectivity index (χ1n) is 8.92.